The molecular weight excluding hydrogens is 244 g/mol. The molecule has 0 saturated carbocycles. The van der Waals surface area contributed by atoms with Gasteiger partial charge in [-0.2, -0.15) is 0 Å². The van der Waals surface area contributed by atoms with Crippen LogP contribution in [0.4, 0.5) is 22.7 Å². The fourth-order valence-corrected chi connectivity index (χ4v) is 2.78. The van der Waals surface area contributed by atoms with Gasteiger partial charge in [-0.1, -0.05) is 50.5 Å². The molecule has 0 fully saturated rings. The fourth-order valence-electron chi connectivity index (χ4n) is 2.78. The molecule has 3 rings (SSSR count). The van der Waals surface area contributed by atoms with Gasteiger partial charge in [-0.3, -0.25) is 0 Å². The van der Waals surface area contributed by atoms with Gasteiger partial charge in [0.05, 0.1) is 22.7 Å². The smallest absolute Gasteiger partial charge is 0.0656 e. The summed E-state index contributed by atoms with van der Waals surface area (Å²) in [5, 5.41) is 7.11. The Morgan fingerprint density at radius 3 is 2.30 bits per heavy atom. The van der Waals surface area contributed by atoms with Gasteiger partial charge in [-0.05, 0) is 36.6 Å². The maximum Gasteiger partial charge on any atom is 0.0656 e. The summed E-state index contributed by atoms with van der Waals surface area (Å²) in [7, 11) is 0. The Bertz CT molecular complexity index is 590. The lowest BCUT2D eigenvalue weighted by Crippen LogP contribution is -2.08. The van der Waals surface area contributed by atoms with Crippen LogP contribution in [-0.4, -0.2) is 0 Å². The molecule has 1 aliphatic heterocycles. The van der Waals surface area contributed by atoms with Gasteiger partial charge < -0.3 is 10.6 Å². The molecule has 1 aliphatic rings. The van der Waals surface area contributed by atoms with E-state index < -0.39 is 0 Å². The molecule has 104 valence electrons. The lowest BCUT2D eigenvalue weighted by molar-refractivity contribution is 0.667. The van der Waals surface area contributed by atoms with Gasteiger partial charge in [0.2, 0.25) is 0 Å². The number of rotatable bonds is 5. The molecule has 0 atom stereocenters. The summed E-state index contributed by atoms with van der Waals surface area (Å²) < 4.78 is 0. The van der Waals surface area contributed by atoms with Crippen molar-refractivity contribution < 1.29 is 0 Å². The van der Waals surface area contributed by atoms with Gasteiger partial charge in [0.1, 0.15) is 0 Å². The zero-order valence-electron chi connectivity index (χ0n) is 12.1. The molecule has 0 unspecified atom stereocenters. The lowest BCUT2D eigenvalue weighted by Gasteiger charge is -2.25. The normalized spacial score (nSPS) is 12.1. The summed E-state index contributed by atoms with van der Waals surface area (Å²) >= 11 is 0. The molecule has 2 nitrogen and oxygen atoms in total. The minimum Gasteiger partial charge on any atom is -0.352 e. The molecule has 2 aromatic carbocycles. The second kappa shape index (κ2) is 6.00. The topological polar surface area (TPSA) is 24.1 Å². The molecular formula is C18H22N2. The highest BCUT2D eigenvalue weighted by Gasteiger charge is 2.15. The van der Waals surface area contributed by atoms with Gasteiger partial charge in [-0.25, -0.2) is 0 Å². The molecule has 0 bridgehead atoms. The van der Waals surface area contributed by atoms with Crippen LogP contribution >= 0.6 is 0 Å². The molecule has 0 radical (unpaired) electrons. The lowest BCUT2D eigenvalue weighted by atomic mass is 10.0. The number of unbranched alkanes of at least 4 members (excludes halogenated alkanes) is 3. The molecule has 2 heteroatoms. The van der Waals surface area contributed by atoms with Crippen molar-refractivity contribution in [2.75, 3.05) is 10.6 Å². The standard InChI is InChI=1S/C18H22N2/c1-2-3-4-5-9-14-10-8-13-17-18(14)20-16-12-7-6-11-15(16)19-17/h6-8,10-13,19-20H,2-5,9H2,1H3. The fraction of sp³-hybridized carbons (Fsp3) is 0.333. The summed E-state index contributed by atoms with van der Waals surface area (Å²) in [4.78, 5) is 0. The zero-order valence-corrected chi connectivity index (χ0v) is 12.1. The minimum absolute atomic E-state index is 1.15. The van der Waals surface area contributed by atoms with Gasteiger partial charge >= 0.3 is 0 Å². The van der Waals surface area contributed by atoms with Crippen molar-refractivity contribution in [3.8, 4) is 0 Å². The molecule has 0 amide bonds. The first-order valence-corrected chi connectivity index (χ1v) is 7.63. The molecule has 2 aromatic rings. The summed E-state index contributed by atoms with van der Waals surface area (Å²) in [5.74, 6) is 0. The summed E-state index contributed by atoms with van der Waals surface area (Å²) in [6.07, 6.45) is 6.38. The van der Waals surface area contributed by atoms with Crippen LogP contribution in [0.15, 0.2) is 42.5 Å². The van der Waals surface area contributed by atoms with Crippen LogP contribution < -0.4 is 10.6 Å². The number of nitrogens with one attached hydrogen (secondary N) is 2. The third kappa shape index (κ3) is 2.64. The Morgan fingerprint density at radius 2 is 1.50 bits per heavy atom. The Balaban J connectivity index is 1.79. The maximum atomic E-state index is 3.59. The Morgan fingerprint density at radius 1 is 0.750 bits per heavy atom. The van der Waals surface area contributed by atoms with Crippen molar-refractivity contribution in [1.29, 1.82) is 0 Å². The van der Waals surface area contributed by atoms with E-state index in [1.165, 1.54) is 48.3 Å². The van der Waals surface area contributed by atoms with E-state index in [4.69, 9.17) is 0 Å². The van der Waals surface area contributed by atoms with Crippen LogP contribution in [-0.2, 0) is 6.42 Å². The molecule has 0 spiro atoms. The van der Waals surface area contributed by atoms with Gasteiger partial charge in [0.15, 0.2) is 0 Å². The second-order valence-electron chi connectivity index (χ2n) is 5.45. The first kappa shape index (κ1) is 13.0. The number of hydrogen-bond donors (Lipinski definition) is 2. The third-order valence-corrected chi connectivity index (χ3v) is 3.91. The molecule has 1 heterocycles. The first-order valence-electron chi connectivity index (χ1n) is 7.63. The van der Waals surface area contributed by atoms with Crippen molar-refractivity contribution >= 4 is 22.7 Å². The van der Waals surface area contributed by atoms with Crippen LogP contribution in [0.3, 0.4) is 0 Å². The van der Waals surface area contributed by atoms with Crippen LogP contribution in [0.25, 0.3) is 0 Å². The number of hydrogen-bond acceptors (Lipinski definition) is 2. The predicted molar refractivity (Wildman–Crippen MR) is 87.3 cm³/mol. The van der Waals surface area contributed by atoms with E-state index in [0.29, 0.717) is 0 Å². The third-order valence-electron chi connectivity index (χ3n) is 3.91. The summed E-state index contributed by atoms with van der Waals surface area (Å²) in [6, 6.07) is 14.9. The summed E-state index contributed by atoms with van der Waals surface area (Å²) in [5.41, 5.74) is 6.18. The van der Waals surface area contributed by atoms with Gasteiger partial charge in [-0.15, -0.1) is 0 Å². The second-order valence-corrected chi connectivity index (χ2v) is 5.45. The Hall–Kier alpha value is -1.96. The number of anilines is 4. The Kier molecular flexibility index (Phi) is 3.91. The minimum atomic E-state index is 1.15. The van der Waals surface area contributed by atoms with Gasteiger partial charge in [0, 0.05) is 0 Å². The summed E-state index contributed by atoms with van der Waals surface area (Å²) in [6.45, 7) is 2.26. The Labute approximate surface area is 121 Å². The monoisotopic (exact) mass is 266 g/mol. The number of aryl methyl sites for hydroxylation is 1. The molecule has 20 heavy (non-hydrogen) atoms. The van der Waals surface area contributed by atoms with E-state index in [9.17, 15) is 0 Å². The van der Waals surface area contributed by atoms with E-state index >= 15 is 0 Å². The van der Waals surface area contributed by atoms with Crippen molar-refractivity contribution in [3.05, 3.63) is 48.0 Å². The van der Waals surface area contributed by atoms with Crippen molar-refractivity contribution in [2.24, 2.45) is 0 Å². The predicted octanol–water partition coefficient (Wildman–Crippen LogP) is 5.61. The highest BCUT2D eigenvalue weighted by atomic mass is 15.0. The van der Waals surface area contributed by atoms with Crippen LogP contribution in [0.2, 0.25) is 0 Å². The first-order chi connectivity index (χ1) is 9.88. The number of fused-ring (bicyclic) bond motifs is 2. The number of para-hydroxylation sites is 3. The highest BCUT2D eigenvalue weighted by Crippen LogP contribution is 2.40. The largest absolute Gasteiger partial charge is 0.352 e. The van der Waals surface area contributed by atoms with Crippen molar-refractivity contribution in [2.45, 2.75) is 39.0 Å². The van der Waals surface area contributed by atoms with Crippen LogP contribution in [0, 0.1) is 0 Å². The van der Waals surface area contributed by atoms with E-state index in [2.05, 4.69) is 60.0 Å². The van der Waals surface area contributed by atoms with Crippen LogP contribution in [0.5, 0.6) is 0 Å². The van der Waals surface area contributed by atoms with Crippen molar-refractivity contribution in [3.63, 3.8) is 0 Å². The average Bonchev–Trinajstić information content (AvgIpc) is 2.50. The highest BCUT2D eigenvalue weighted by molar-refractivity contribution is 5.91. The molecule has 0 aliphatic carbocycles. The molecule has 0 aromatic heterocycles. The van der Waals surface area contributed by atoms with Crippen LogP contribution in [0.1, 0.15) is 38.2 Å². The SMILES string of the molecule is CCCCCCc1cccc2c1Nc1ccccc1N2. The van der Waals surface area contributed by atoms with E-state index in [0.717, 1.165) is 12.1 Å². The quantitative estimate of drug-likeness (QED) is 0.586. The number of benzene rings is 2. The van der Waals surface area contributed by atoms with E-state index in [1.54, 1.807) is 0 Å². The molecule has 2 N–H and O–H groups in total. The van der Waals surface area contributed by atoms with Gasteiger partial charge in [0.25, 0.3) is 0 Å². The van der Waals surface area contributed by atoms with E-state index in [1.807, 2.05) is 0 Å². The zero-order chi connectivity index (χ0) is 13.8. The van der Waals surface area contributed by atoms with Crippen molar-refractivity contribution in [1.82, 2.24) is 0 Å². The average molecular weight is 266 g/mol. The molecule has 0 saturated heterocycles. The maximum absolute atomic E-state index is 3.59. The van der Waals surface area contributed by atoms with E-state index in [-0.39, 0.29) is 0 Å².